The molecule has 11 heteroatoms. The molecule has 0 saturated heterocycles. The standard InChI is InChI=1S/C8H11F7O4/c1-16-4(18-3-7(11,12)13)5(17-2)19-8(14,15)6(9)10/h4-6H,3H2,1-2H3. The first-order valence-electron chi connectivity index (χ1n) is 4.61. The fourth-order valence-electron chi connectivity index (χ4n) is 0.855. The van der Waals surface area contributed by atoms with Crippen LogP contribution in [0.5, 0.6) is 0 Å². The molecule has 4 nitrogen and oxygen atoms in total. The van der Waals surface area contributed by atoms with Crippen LogP contribution in [-0.2, 0) is 18.9 Å². The minimum atomic E-state index is -4.92. The minimum absolute atomic E-state index is 0.745. The van der Waals surface area contributed by atoms with E-state index in [0.29, 0.717) is 0 Å². The fourth-order valence-corrected chi connectivity index (χ4v) is 0.855. The predicted molar refractivity (Wildman–Crippen MR) is 45.6 cm³/mol. The third kappa shape index (κ3) is 6.89. The smallest absolute Gasteiger partial charge is 0.351 e. The van der Waals surface area contributed by atoms with E-state index < -0.39 is 37.9 Å². The number of methoxy groups -OCH3 is 2. The third-order valence-corrected chi connectivity index (χ3v) is 1.63. The van der Waals surface area contributed by atoms with Gasteiger partial charge in [-0.15, -0.1) is 0 Å². The third-order valence-electron chi connectivity index (χ3n) is 1.63. The number of alkyl halides is 7. The van der Waals surface area contributed by atoms with Crippen molar-refractivity contribution in [2.75, 3.05) is 20.8 Å². The zero-order valence-corrected chi connectivity index (χ0v) is 9.72. The van der Waals surface area contributed by atoms with Crippen LogP contribution in [0.4, 0.5) is 30.7 Å². The van der Waals surface area contributed by atoms with Gasteiger partial charge < -0.3 is 14.2 Å². The second-order valence-corrected chi connectivity index (χ2v) is 3.11. The van der Waals surface area contributed by atoms with Gasteiger partial charge >= 0.3 is 18.7 Å². The molecule has 0 N–H and O–H groups in total. The Morgan fingerprint density at radius 1 is 0.895 bits per heavy atom. The largest absolute Gasteiger partial charge is 0.418 e. The van der Waals surface area contributed by atoms with Crippen molar-refractivity contribution in [2.24, 2.45) is 0 Å². The van der Waals surface area contributed by atoms with Crippen LogP contribution in [0.3, 0.4) is 0 Å². The Hall–Kier alpha value is -0.650. The Bertz CT molecular complexity index is 258. The topological polar surface area (TPSA) is 36.9 Å². The van der Waals surface area contributed by atoms with Crippen molar-refractivity contribution in [3.8, 4) is 0 Å². The second-order valence-electron chi connectivity index (χ2n) is 3.11. The number of ether oxygens (including phenoxy) is 4. The van der Waals surface area contributed by atoms with Crippen LogP contribution in [0.2, 0.25) is 0 Å². The quantitative estimate of drug-likeness (QED) is 0.510. The summed E-state index contributed by atoms with van der Waals surface area (Å²) < 4.78 is 101. The van der Waals surface area contributed by atoms with Crippen molar-refractivity contribution >= 4 is 0 Å². The monoisotopic (exact) mass is 304 g/mol. The van der Waals surface area contributed by atoms with E-state index in [0.717, 1.165) is 14.2 Å². The van der Waals surface area contributed by atoms with Crippen molar-refractivity contribution < 1.29 is 49.7 Å². The minimum Gasteiger partial charge on any atom is -0.351 e. The molecule has 0 rings (SSSR count). The summed E-state index contributed by atoms with van der Waals surface area (Å²) in [5, 5.41) is 0. The Labute approximate surface area is 103 Å². The molecular formula is C8H11F7O4. The first-order valence-corrected chi connectivity index (χ1v) is 4.61. The summed E-state index contributed by atoms with van der Waals surface area (Å²) in [7, 11) is 1.55. The van der Waals surface area contributed by atoms with Crippen molar-refractivity contribution in [1.29, 1.82) is 0 Å². The maximum absolute atomic E-state index is 12.6. The summed E-state index contributed by atoms with van der Waals surface area (Å²) >= 11 is 0. The van der Waals surface area contributed by atoms with Gasteiger partial charge in [0.15, 0.2) is 0 Å². The first kappa shape index (κ1) is 18.4. The first-order chi connectivity index (χ1) is 8.53. The van der Waals surface area contributed by atoms with E-state index in [-0.39, 0.29) is 0 Å². The molecule has 0 aliphatic rings. The van der Waals surface area contributed by atoms with Crippen molar-refractivity contribution in [3.05, 3.63) is 0 Å². The van der Waals surface area contributed by atoms with E-state index in [1.54, 1.807) is 0 Å². The molecule has 0 aromatic rings. The normalized spacial score (nSPS) is 16.7. The van der Waals surface area contributed by atoms with Crippen LogP contribution in [0.1, 0.15) is 0 Å². The lowest BCUT2D eigenvalue weighted by atomic mass is 10.5. The molecule has 2 unspecified atom stereocenters. The van der Waals surface area contributed by atoms with Gasteiger partial charge in [-0.05, 0) is 0 Å². The van der Waals surface area contributed by atoms with E-state index >= 15 is 0 Å². The molecule has 0 aromatic carbocycles. The van der Waals surface area contributed by atoms with Gasteiger partial charge in [-0.25, -0.2) is 8.78 Å². The van der Waals surface area contributed by atoms with Gasteiger partial charge in [-0.2, -0.15) is 22.0 Å². The molecule has 0 saturated carbocycles. The molecule has 0 heterocycles. The molecule has 0 aliphatic heterocycles. The van der Waals surface area contributed by atoms with E-state index in [1.165, 1.54) is 0 Å². The van der Waals surface area contributed by atoms with Crippen molar-refractivity contribution in [3.63, 3.8) is 0 Å². The predicted octanol–water partition coefficient (Wildman–Crippen LogP) is 2.38. The summed E-state index contributed by atoms with van der Waals surface area (Å²) in [4.78, 5) is 0. The molecule has 19 heavy (non-hydrogen) atoms. The fraction of sp³-hybridized carbons (Fsp3) is 1.00. The van der Waals surface area contributed by atoms with Gasteiger partial charge in [0.1, 0.15) is 6.61 Å². The van der Waals surface area contributed by atoms with Crippen LogP contribution in [-0.4, -0.2) is 52.1 Å². The summed E-state index contributed by atoms with van der Waals surface area (Å²) in [6, 6.07) is 0. The summed E-state index contributed by atoms with van der Waals surface area (Å²) in [5.74, 6) is 0. The molecule has 0 spiro atoms. The summed E-state index contributed by atoms with van der Waals surface area (Å²) in [5.41, 5.74) is 0. The van der Waals surface area contributed by atoms with Gasteiger partial charge in [0.2, 0.25) is 12.6 Å². The van der Waals surface area contributed by atoms with Gasteiger partial charge in [-0.3, -0.25) is 4.74 Å². The van der Waals surface area contributed by atoms with Crippen LogP contribution in [0, 0.1) is 0 Å². The van der Waals surface area contributed by atoms with Crippen LogP contribution >= 0.6 is 0 Å². The lowest BCUT2D eigenvalue weighted by Crippen LogP contribution is -2.44. The zero-order chi connectivity index (χ0) is 15.3. The molecule has 0 radical (unpaired) electrons. The summed E-state index contributed by atoms with van der Waals surface area (Å²) in [6.45, 7) is -1.85. The molecule has 0 bridgehead atoms. The van der Waals surface area contributed by atoms with Gasteiger partial charge in [0.25, 0.3) is 0 Å². The van der Waals surface area contributed by atoms with Crippen LogP contribution in [0.15, 0.2) is 0 Å². The van der Waals surface area contributed by atoms with E-state index in [9.17, 15) is 30.7 Å². The lowest BCUT2D eigenvalue weighted by molar-refractivity contribution is -0.393. The SMILES string of the molecule is COC(OCC(F)(F)F)C(OC)OC(F)(F)C(F)F. The number of hydrogen-bond donors (Lipinski definition) is 0. The van der Waals surface area contributed by atoms with Crippen LogP contribution in [0.25, 0.3) is 0 Å². The van der Waals surface area contributed by atoms with Gasteiger partial charge in [0, 0.05) is 14.2 Å². The highest BCUT2D eigenvalue weighted by atomic mass is 19.4. The highest BCUT2D eigenvalue weighted by Crippen LogP contribution is 2.28. The Morgan fingerprint density at radius 3 is 1.68 bits per heavy atom. The van der Waals surface area contributed by atoms with Gasteiger partial charge in [0.05, 0.1) is 0 Å². The average molecular weight is 304 g/mol. The van der Waals surface area contributed by atoms with E-state index in [2.05, 4.69) is 18.9 Å². The molecule has 116 valence electrons. The molecule has 0 fully saturated rings. The van der Waals surface area contributed by atoms with Gasteiger partial charge in [-0.1, -0.05) is 0 Å². The number of rotatable bonds is 8. The van der Waals surface area contributed by atoms with E-state index in [1.807, 2.05) is 0 Å². The molecule has 0 aliphatic carbocycles. The van der Waals surface area contributed by atoms with E-state index in [4.69, 9.17) is 0 Å². The second kappa shape index (κ2) is 7.22. The van der Waals surface area contributed by atoms with Crippen molar-refractivity contribution in [2.45, 2.75) is 31.3 Å². The number of hydrogen-bond acceptors (Lipinski definition) is 4. The van der Waals surface area contributed by atoms with Crippen LogP contribution < -0.4 is 0 Å². The number of halogens is 7. The lowest BCUT2D eigenvalue weighted by Gasteiger charge is -2.28. The highest BCUT2D eigenvalue weighted by molar-refractivity contribution is 4.61. The maximum atomic E-state index is 12.6. The molecule has 0 aromatic heterocycles. The molecular weight excluding hydrogens is 293 g/mol. The Morgan fingerprint density at radius 2 is 1.37 bits per heavy atom. The molecule has 2 atom stereocenters. The molecule has 0 amide bonds. The zero-order valence-electron chi connectivity index (χ0n) is 9.72. The Balaban J connectivity index is 4.62. The summed E-state index contributed by atoms with van der Waals surface area (Å²) in [6.07, 6.45) is -18.2. The van der Waals surface area contributed by atoms with Crippen molar-refractivity contribution in [1.82, 2.24) is 0 Å². The Kier molecular flexibility index (Phi) is 6.97. The highest BCUT2D eigenvalue weighted by Gasteiger charge is 2.47. The average Bonchev–Trinajstić information content (AvgIpc) is 2.26. The maximum Gasteiger partial charge on any atom is 0.418 e.